The predicted molar refractivity (Wildman–Crippen MR) is 132 cm³/mol. The largest absolute Gasteiger partial charge is 0.497 e. The third-order valence-corrected chi connectivity index (χ3v) is 4.87. The van der Waals surface area contributed by atoms with Crippen LogP contribution in [-0.4, -0.2) is 68.3 Å². The molecule has 0 aliphatic carbocycles. The number of carbonyl (C=O) groups is 1. The van der Waals surface area contributed by atoms with Crippen molar-refractivity contribution in [1.82, 2.24) is 15.1 Å². The average Bonchev–Trinajstić information content (AvgIpc) is 2.68. The fraction of sp³-hybridized carbons (Fsp3) is 0.636. The van der Waals surface area contributed by atoms with Gasteiger partial charge in [-0.25, -0.2) is 4.79 Å². The van der Waals surface area contributed by atoms with Crippen LogP contribution in [0.2, 0.25) is 0 Å². The van der Waals surface area contributed by atoms with Crippen LogP contribution in [0.4, 0.5) is 4.79 Å². The molecule has 0 spiro atoms. The second-order valence-electron chi connectivity index (χ2n) is 8.57. The lowest BCUT2D eigenvalue weighted by Crippen LogP contribution is -2.47. The molecule has 1 unspecified atom stereocenters. The van der Waals surface area contributed by atoms with Gasteiger partial charge in [0.15, 0.2) is 5.96 Å². The molecule has 1 fully saturated rings. The Hall–Kier alpha value is -1.71. The lowest BCUT2D eigenvalue weighted by Gasteiger charge is -2.34. The fourth-order valence-corrected chi connectivity index (χ4v) is 3.42. The van der Waals surface area contributed by atoms with E-state index in [9.17, 15) is 4.79 Å². The zero-order valence-corrected chi connectivity index (χ0v) is 21.4. The van der Waals surface area contributed by atoms with Crippen LogP contribution in [-0.2, 0) is 11.3 Å². The van der Waals surface area contributed by atoms with Gasteiger partial charge in [0.05, 0.1) is 7.11 Å². The first-order chi connectivity index (χ1) is 13.7. The van der Waals surface area contributed by atoms with E-state index in [1.54, 1.807) is 14.2 Å². The summed E-state index contributed by atoms with van der Waals surface area (Å²) in [6.07, 6.45) is 1.86. The molecule has 1 aromatic rings. The summed E-state index contributed by atoms with van der Waals surface area (Å²) in [4.78, 5) is 20.7. The highest BCUT2D eigenvalue weighted by atomic mass is 127. The Bertz CT molecular complexity index is 689. The zero-order chi connectivity index (χ0) is 21.4. The van der Waals surface area contributed by atoms with Gasteiger partial charge in [-0.3, -0.25) is 4.99 Å². The normalized spacial score (nSPS) is 17.1. The molecule has 2 rings (SSSR count). The molecule has 30 heavy (non-hydrogen) atoms. The second-order valence-corrected chi connectivity index (χ2v) is 8.57. The summed E-state index contributed by atoms with van der Waals surface area (Å²) in [5, 5.41) is 3.46. The van der Waals surface area contributed by atoms with Crippen LogP contribution in [0, 0.1) is 5.92 Å². The summed E-state index contributed by atoms with van der Waals surface area (Å²) < 4.78 is 10.7. The predicted octanol–water partition coefficient (Wildman–Crippen LogP) is 3.97. The Balaban J connectivity index is 0.00000450. The maximum atomic E-state index is 12.4. The molecular formula is C22H37IN4O3. The Morgan fingerprint density at radius 3 is 2.53 bits per heavy atom. The molecule has 1 atom stereocenters. The van der Waals surface area contributed by atoms with E-state index in [4.69, 9.17) is 9.47 Å². The van der Waals surface area contributed by atoms with E-state index in [0.29, 0.717) is 12.5 Å². The Labute approximate surface area is 198 Å². The summed E-state index contributed by atoms with van der Waals surface area (Å²) >= 11 is 0. The van der Waals surface area contributed by atoms with Crippen molar-refractivity contribution in [2.75, 3.05) is 40.8 Å². The minimum Gasteiger partial charge on any atom is -0.497 e. The summed E-state index contributed by atoms with van der Waals surface area (Å²) in [7, 11) is 5.48. The quantitative estimate of drug-likeness (QED) is 0.353. The number of likely N-dealkylation sites (tertiary alicyclic amines) is 1. The smallest absolute Gasteiger partial charge is 0.410 e. The van der Waals surface area contributed by atoms with Gasteiger partial charge in [0.2, 0.25) is 0 Å². The first-order valence-corrected chi connectivity index (χ1v) is 10.2. The molecule has 1 aliphatic heterocycles. The van der Waals surface area contributed by atoms with E-state index in [1.807, 2.05) is 44.9 Å². The molecular weight excluding hydrogens is 495 g/mol. The fourth-order valence-electron chi connectivity index (χ4n) is 3.42. The number of hydrogen-bond acceptors (Lipinski definition) is 4. The number of nitrogens with one attached hydrogen (secondary N) is 1. The van der Waals surface area contributed by atoms with Gasteiger partial charge in [0.1, 0.15) is 11.4 Å². The van der Waals surface area contributed by atoms with Gasteiger partial charge in [0.25, 0.3) is 0 Å². The highest BCUT2D eigenvalue weighted by Gasteiger charge is 2.27. The zero-order valence-electron chi connectivity index (χ0n) is 19.1. The van der Waals surface area contributed by atoms with Crippen LogP contribution in [0.5, 0.6) is 5.75 Å². The van der Waals surface area contributed by atoms with Crippen LogP contribution in [0.25, 0.3) is 0 Å². The van der Waals surface area contributed by atoms with E-state index < -0.39 is 5.60 Å². The van der Waals surface area contributed by atoms with Gasteiger partial charge in [-0.1, -0.05) is 12.1 Å². The standard InChI is InChI=1S/C22H36N4O3.HI/c1-22(2,3)29-21(27)26-13-7-8-18(16-26)14-24-20(23-4)25(5)15-17-9-11-19(28-6)12-10-17;/h9-12,18H,7-8,13-16H2,1-6H3,(H,23,24);1H. The third-order valence-electron chi connectivity index (χ3n) is 4.87. The second kappa shape index (κ2) is 12.2. The number of hydrogen-bond donors (Lipinski definition) is 1. The number of methoxy groups -OCH3 is 1. The van der Waals surface area contributed by atoms with E-state index in [-0.39, 0.29) is 30.1 Å². The molecule has 7 nitrogen and oxygen atoms in total. The van der Waals surface area contributed by atoms with Crippen LogP contribution in [0.3, 0.4) is 0 Å². The van der Waals surface area contributed by atoms with Crippen LogP contribution >= 0.6 is 24.0 Å². The molecule has 170 valence electrons. The minimum absolute atomic E-state index is 0. The Morgan fingerprint density at radius 1 is 1.30 bits per heavy atom. The molecule has 0 saturated carbocycles. The third kappa shape index (κ3) is 8.57. The van der Waals surface area contributed by atoms with E-state index >= 15 is 0 Å². The number of ether oxygens (including phenoxy) is 2. The lowest BCUT2D eigenvalue weighted by molar-refractivity contribution is 0.0168. The van der Waals surface area contributed by atoms with Crippen molar-refractivity contribution in [3.63, 3.8) is 0 Å². The molecule has 1 aliphatic rings. The van der Waals surface area contributed by atoms with Crippen molar-refractivity contribution in [2.24, 2.45) is 10.9 Å². The number of halogens is 1. The molecule has 1 heterocycles. The molecule has 1 aromatic carbocycles. The molecule has 1 saturated heterocycles. The van der Waals surface area contributed by atoms with Gasteiger partial charge in [-0.05, 0) is 57.2 Å². The van der Waals surface area contributed by atoms with Crippen molar-refractivity contribution in [3.8, 4) is 5.75 Å². The average molecular weight is 532 g/mol. The highest BCUT2D eigenvalue weighted by molar-refractivity contribution is 14.0. The summed E-state index contributed by atoms with van der Waals surface area (Å²) in [5.41, 5.74) is 0.721. The topological polar surface area (TPSA) is 66.4 Å². The molecule has 0 radical (unpaired) electrons. The molecule has 8 heteroatoms. The summed E-state index contributed by atoms with van der Waals surface area (Å²) in [6.45, 7) is 8.69. The number of carbonyl (C=O) groups excluding carboxylic acids is 1. The minimum atomic E-state index is -0.464. The first-order valence-electron chi connectivity index (χ1n) is 10.2. The van der Waals surface area contributed by atoms with Gasteiger partial charge >= 0.3 is 6.09 Å². The van der Waals surface area contributed by atoms with Crippen molar-refractivity contribution in [2.45, 2.75) is 45.8 Å². The number of aliphatic imine (C=N–C) groups is 1. The Kier molecular flexibility index (Phi) is 10.7. The molecule has 1 amide bonds. The summed E-state index contributed by atoms with van der Waals surface area (Å²) in [5.74, 6) is 2.07. The number of piperidine rings is 1. The van der Waals surface area contributed by atoms with Gasteiger partial charge in [-0.15, -0.1) is 24.0 Å². The highest BCUT2D eigenvalue weighted by Crippen LogP contribution is 2.19. The van der Waals surface area contributed by atoms with Gasteiger partial charge in [0, 0.05) is 40.3 Å². The van der Waals surface area contributed by atoms with Crippen molar-refractivity contribution in [3.05, 3.63) is 29.8 Å². The lowest BCUT2D eigenvalue weighted by atomic mass is 9.98. The van der Waals surface area contributed by atoms with Crippen molar-refractivity contribution >= 4 is 36.0 Å². The number of nitrogens with zero attached hydrogens (tertiary/aromatic N) is 3. The maximum absolute atomic E-state index is 12.4. The number of guanidine groups is 1. The van der Waals surface area contributed by atoms with Crippen molar-refractivity contribution in [1.29, 1.82) is 0 Å². The summed E-state index contributed by atoms with van der Waals surface area (Å²) in [6, 6.07) is 8.05. The molecule has 0 aromatic heterocycles. The number of amides is 1. The SMILES string of the molecule is CN=C(NCC1CCCN(C(=O)OC(C)(C)C)C1)N(C)Cc1ccc(OC)cc1.I. The van der Waals surface area contributed by atoms with Gasteiger partial charge < -0.3 is 24.6 Å². The van der Waals surface area contributed by atoms with Crippen LogP contribution in [0.1, 0.15) is 39.2 Å². The number of benzene rings is 1. The monoisotopic (exact) mass is 532 g/mol. The van der Waals surface area contributed by atoms with E-state index in [2.05, 4.69) is 27.3 Å². The maximum Gasteiger partial charge on any atom is 0.410 e. The van der Waals surface area contributed by atoms with Crippen LogP contribution < -0.4 is 10.1 Å². The number of rotatable bonds is 5. The molecule has 0 bridgehead atoms. The molecule has 1 N–H and O–H groups in total. The van der Waals surface area contributed by atoms with Crippen LogP contribution in [0.15, 0.2) is 29.3 Å². The van der Waals surface area contributed by atoms with Gasteiger partial charge in [-0.2, -0.15) is 0 Å². The first kappa shape index (κ1) is 26.3. The van der Waals surface area contributed by atoms with E-state index in [0.717, 1.165) is 44.2 Å². The Morgan fingerprint density at radius 2 is 1.97 bits per heavy atom. The van der Waals surface area contributed by atoms with E-state index in [1.165, 1.54) is 5.56 Å². The van der Waals surface area contributed by atoms with Crippen molar-refractivity contribution < 1.29 is 14.3 Å².